The topological polar surface area (TPSA) is 32.6 Å². The molecule has 0 aromatic heterocycles. The number of aryl methyl sites for hydroxylation is 3. The van der Waals surface area contributed by atoms with Crippen molar-refractivity contribution >= 4 is 11.9 Å². The van der Waals surface area contributed by atoms with Crippen LogP contribution in [0.25, 0.3) is 0 Å². The van der Waals surface area contributed by atoms with E-state index in [1.165, 1.54) is 61.6 Å². The lowest BCUT2D eigenvalue weighted by molar-refractivity contribution is 0.423. The van der Waals surface area contributed by atoms with E-state index in [1.54, 1.807) is 0 Å². The van der Waals surface area contributed by atoms with Gasteiger partial charge in [0.15, 0.2) is 0 Å². The van der Waals surface area contributed by atoms with Crippen LogP contribution in [0.1, 0.15) is 78.7 Å². The van der Waals surface area contributed by atoms with Gasteiger partial charge in [-0.25, -0.2) is 0 Å². The van der Waals surface area contributed by atoms with Gasteiger partial charge in [-0.15, -0.1) is 0 Å². The number of rotatable bonds is 3. The van der Waals surface area contributed by atoms with Crippen molar-refractivity contribution in [2.75, 3.05) is 0 Å². The van der Waals surface area contributed by atoms with Crippen molar-refractivity contribution < 1.29 is 5.11 Å². The number of aliphatic imine (C=N–C) groups is 1. The minimum atomic E-state index is 0.425. The fourth-order valence-corrected chi connectivity index (χ4v) is 4.18. The molecule has 0 aliphatic heterocycles. The largest absolute Gasteiger partial charge is 0.507 e. The Labute approximate surface area is 158 Å². The summed E-state index contributed by atoms with van der Waals surface area (Å²) < 4.78 is 0. The van der Waals surface area contributed by atoms with E-state index in [9.17, 15) is 5.11 Å². The normalized spacial score (nSPS) is 16.6. The van der Waals surface area contributed by atoms with Crippen molar-refractivity contribution in [1.29, 1.82) is 0 Å². The van der Waals surface area contributed by atoms with Crippen molar-refractivity contribution in [3.05, 3.63) is 58.1 Å². The molecule has 0 unspecified atom stereocenters. The first-order chi connectivity index (χ1) is 12.5. The summed E-state index contributed by atoms with van der Waals surface area (Å²) in [6.07, 6.45) is 10.7. The number of nitrogens with zero attached hydrogens (tertiary/aromatic N) is 1. The molecule has 1 N–H and O–H groups in total. The van der Waals surface area contributed by atoms with Gasteiger partial charge in [-0.1, -0.05) is 44.2 Å². The molecule has 1 fully saturated rings. The third kappa shape index (κ3) is 4.75. The Bertz CT molecular complexity index is 763. The van der Waals surface area contributed by atoms with Crippen LogP contribution in [0.15, 0.2) is 35.3 Å². The molecule has 26 heavy (non-hydrogen) atoms. The van der Waals surface area contributed by atoms with E-state index in [4.69, 9.17) is 0 Å². The first-order valence-corrected chi connectivity index (χ1v) is 9.99. The summed E-state index contributed by atoms with van der Waals surface area (Å²) in [7, 11) is 0. The molecule has 0 bridgehead atoms. The maximum Gasteiger partial charge on any atom is 0.127 e. The maximum atomic E-state index is 10.9. The van der Waals surface area contributed by atoms with Crippen LogP contribution in [0.2, 0.25) is 0 Å². The van der Waals surface area contributed by atoms with Crippen LogP contribution in [-0.2, 0) is 0 Å². The average Bonchev–Trinajstić information content (AvgIpc) is 2.54. The predicted octanol–water partition coefficient (Wildman–Crippen LogP) is 6.90. The van der Waals surface area contributed by atoms with E-state index in [1.807, 2.05) is 12.3 Å². The first kappa shape index (κ1) is 18.7. The lowest BCUT2D eigenvalue weighted by atomic mass is 9.84. The Morgan fingerprint density at radius 3 is 2.04 bits per heavy atom. The number of benzene rings is 2. The zero-order valence-electron chi connectivity index (χ0n) is 16.4. The molecule has 0 heterocycles. The molecule has 1 aliphatic carbocycles. The summed E-state index contributed by atoms with van der Waals surface area (Å²) in [5.74, 6) is 0.901. The monoisotopic (exact) mass is 349 g/mol. The highest BCUT2D eigenvalue weighted by atomic mass is 16.3. The summed E-state index contributed by atoms with van der Waals surface area (Å²) >= 11 is 0. The molecule has 2 nitrogen and oxygen atoms in total. The highest BCUT2D eigenvalue weighted by Crippen LogP contribution is 2.37. The van der Waals surface area contributed by atoms with Gasteiger partial charge in [-0.3, -0.25) is 4.99 Å². The molecule has 0 amide bonds. The predicted molar refractivity (Wildman–Crippen MR) is 111 cm³/mol. The van der Waals surface area contributed by atoms with Gasteiger partial charge < -0.3 is 5.11 Å². The Kier molecular flexibility index (Phi) is 6.13. The molecular formula is C24H31NO. The van der Waals surface area contributed by atoms with Gasteiger partial charge in [0.05, 0.1) is 5.69 Å². The summed E-state index contributed by atoms with van der Waals surface area (Å²) in [4.78, 5) is 4.63. The van der Waals surface area contributed by atoms with Gasteiger partial charge in [0, 0.05) is 11.8 Å². The Morgan fingerprint density at radius 1 is 0.808 bits per heavy atom. The molecular weight excluding hydrogens is 318 g/mol. The van der Waals surface area contributed by atoms with Crippen LogP contribution in [-0.4, -0.2) is 11.3 Å². The summed E-state index contributed by atoms with van der Waals surface area (Å²) in [5, 5.41) is 10.9. The van der Waals surface area contributed by atoms with E-state index >= 15 is 0 Å². The molecule has 1 aliphatic rings. The van der Waals surface area contributed by atoms with E-state index in [2.05, 4.69) is 50.0 Å². The van der Waals surface area contributed by atoms with Crippen LogP contribution in [0.3, 0.4) is 0 Å². The molecule has 1 saturated carbocycles. The summed E-state index contributed by atoms with van der Waals surface area (Å²) in [6, 6.07) is 10.5. The van der Waals surface area contributed by atoms with Crippen molar-refractivity contribution in [3.8, 4) is 5.75 Å². The van der Waals surface area contributed by atoms with Crippen LogP contribution in [0, 0.1) is 20.8 Å². The minimum absolute atomic E-state index is 0.425. The smallest absolute Gasteiger partial charge is 0.127 e. The van der Waals surface area contributed by atoms with Gasteiger partial charge in [0.2, 0.25) is 0 Å². The summed E-state index contributed by atoms with van der Waals surface area (Å²) in [5.41, 5.74) is 6.51. The van der Waals surface area contributed by atoms with Gasteiger partial charge in [0.25, 0.3) is 0 Å². The fourth-order valence-electron chi connectivity index (χ4n) is 4.18. The van der Waals surface area contributed by atoms with Gasteiger partial charge in [-0.2, -0.15) is 0 Å². The lowest BCUT2D eigenvalue weighted by Gasteiger charge is -2.22. The fraction of sp³-hybridized carbons (Fsp3) is 0.458. The number of phenolic OH excluding ortho intramolecular Hbond substituents is 1. The SMILES string of the molecule is Cc1cc(C)cc(N=Cc2cc(C)cc(C3CCCCCCC3)c2O)c1. The van der Waals surface area contributed by atoms with Crippen molar-refractivity contribution in [2.24, 2.45) is 4.99 Å². The number of aromatic hydroxyl groups is 1. The van der Waals surface area contributed by atoms with Gasteiger partial charge in [-0.05, 0) is 80.0 Å². The minimum Gasteiger partial charge on any atom is -0.507 e. The zero-order valence-corrected chi connectivity index (χ0v) is 16.4. The summed E-state index contributed by atoms with van der Waals surface area (Å²) in [6.45, 7) is 6.28. The van der Waals surface area contributed by atoms with Crippen LogP contribution >= 0.6 is 0 Å². The highest BCUT2D eigenvalue weighted by Gasteiger charge is 2.19. The van der Waals surface area contributed by atoms with Gasteiger partial charge in [0.1, 0.15) is 5.75 Å². The molecule has 2 aromatic rings. The second-order valence-electron chi connectivity index (χ2n) is 7.94. The molecule has 0 radical (unpaired) electrons. The Morgan fingerprint density at radius 2 is 1.38 bits per heavy atom. The maximum absolute atomic E-state index is 10.9. The average molecular weight is 350 g/mol. The number of hydrogen-bond acceptors (Lipinski definition) is 2. The zero-order chi connectivity index (χ0) is 18.5. The highest BCUT2D eigenvalue weighted by molar-refractivity contribution is 5.86. The van der Waals surface area contributed by atoms with Crippen molar-refractivity contribution in [1.82, 2.24) is 0 Å². The van der Waals surface area contributed by atoms with Gasteiger partial charge >= 0.3 is 0 Å². The number of hydrogen-bond donors (Lipinski definition) is 1. The molecule has 2 aromatic carbocycles. The second kappa shape index (κ2) is 8.53. The Balaban J connectivity index is 1.90. The van der Waals surface area contributed by atoms with E-state index < -0.39 is 0 Å². The lowest BCUT2D eigenvalue weighted by Crippen LogP contribution is -2.04. The first-order valence-electron chi connectivity index (χ1n) is 9.99. The van der Waals surface area contributed by atoms with Crippen molar-refractivity contribution in [2.45, 2.75) is 71.6 Å². The number of phenols is 1. The molecule has 0 spiro atoms. The van der Waals surface area contributed by atoms with Crippen LogP contribution in [0.4, 0.5) is 5.69 Å². The second-order valence-corrected chi connectivity index (χ2v) is 7.94. The van der Waals surface area contributed by atoms with Crippen molar-refractivity contribution in [3.63, 3.8) is 0 Å². The molecule has 2 heteroatoms. The third-order valence-electron chi connectivity index (χ3n) is 5.42. The molecule has 3 rings (SSSR count). The third-order valence-corrected chi connectivity index (χ3v) is 5.42. The molecule has 0 atom stereocenters. The van der Waals surface area contributed by atoms with E-state index in [0.717, 1.165) is 16.8 Å². The van der Waals surface area contributed by atoms with Crippen LogP contribution < -0.4 is 0 Å². The van der Waals surface area contributed by atoms with E-state index in [0.29, 0.717) is 11.7 Å². The van der Waals surface area contributed by atoms with Crippen LogP contribution in [0.5, 0.6) is 5.75 Å². The molecule has 138 valence electrons. The quantitative estimate of drug-likeness (QED) is 0.601. The van der Waals surface area contributed by atoms with E-state index in [-0.39, 0.29) is 0 Å². The standard InChI is InChI=1S/C24H31NO/c1-17-11-18(2)14-22(13-17)25-16-21-12-19(3)15-23(24(21)26)20-9-7-5-4-6-8-10-20/h11-16,20,26H,4-10H2,1-3H3. The Hall–Kier alpha value is -2.09. The molecule has 0 saturated heterocycles.